The molecule has 23 heavy (non-hydrogen) atoms. The third-order valence-corrected chi connectivity index (χ3v) is 6.25. The third-order valence-electron chi connectivity index (χ3n) is 6.25. The molecule has 1 heterocycles. The first-order valence-electron chi connectivity index (χ1n) is 9.05. The van der Waals surface area contributed by atoms with Gasteiger partial charge in [0.25, 0.3) is 0 Å². The summed E-state index contributed by atoms with van der Waals surface area (Å²) in [4.78, 5) is 2.55. The molecule has 1 N–H and O–H groups in total. The van der Waals surface area contributed by atoms with E-state index in [2.05, 4.69) is 37.8 Å². The zero-order valence-electron chi connectivity index (χ0n) is 15.1. The van der Waals surface area contributed by atoms with Crippen LogP contribution >= 0.6 is 0 Å². The van der Waals surface area contributed by atoms with Crippen LogP contribution < -0.4 is 4.74 Å². The molecular weight excluding hydrogens is 286 g/mol. The summed E-state index contributed by atoms with van der Waals surface area (Å²) in [6.07, 6.45) is 4.34. The molecule has 0 aromatic heterocycles. The van der Waals surface area contributed by atoms with E-state index in [9.17, 15) is 5.11 Å². The molecule has 1 saturated carbocycles. The second kappa shape index (κ2) is 6.45. The molecule has 1 saturated heterocycles. The van der Waals surface area contributed by atoms with Crippen LogP contribution in [0.25, 0.3) is 0 Å². The Kier molecular flexibility index (Phi) is 4.70. The van der Waals surface area contributed by atoms with E-state index in [4.69, 9.17) is 4.74 Å². The number of fused-ring (bicyclic) bond motifs is 1. The molecule has 0 amide bonds. The Morgan fingerprint density at radius 2 is 2.04 bits per heavy atom. The first kappa shape index (κ1) is 16.8. The predicted molar refractivity (Wildman–Crippen MR) is 93.8 cm³/mol. The van der Waals surface area contributed by atoms with Crippen LogP contribution in [0.4, 0.5) is 0 Å². The lowest BCUT2D eigenvalue weighted by atomic mass is 9.69. The lowest BCUT2D eigenvalue weighted by Crippen LogP contribution is -2.44. The van der Waals surface area contributed by atoms with Crippen molar-refractivity contribution in [2.75, 3.05) is 20.2 Å². The van der Waals surface area contributed by atoms with E-state index in [0.29, 0.717) is 11.8 Å². The van der Waals surface area contributed by atoms with Crippen LogP contribution in [0.1, 0.15) is 49.3 Å². The van der Waals surface area contributed by atoms with Gasteiger partial charge in [-0.1, -0.05) is 19.4 Å². The van der Waals surface area contributed by atoms with Crippen molar-refractivity contribution in [1.29, 1.82) is 0 Å². The molecule has 3 heteroatoms. The van der Waals surface area contributed by atoms with E-state index in [1.807, 2.05) is 0 Å². The average Bonchev–Trinajstić information content (AvgIpc) is 2.95. The van der Waals surface area contributed by atoms with Crippen LogP contribution in [0, 0.1) is 25.7 Å². The lowest BCUT2D eigenvalue weighted by molar-refractivity contribution is -0.0613. The largest absolute Gasteiger partial charge is 0.496 e. The highest BCUT2D eigenvalue weighted by Gasteiger charge is 2.47. The number of benzene rings is 1. The molecule has 2 fully saturated rings. The number of rotatable bonds is 4. The van der Waals surface area contributed by atoms with Gasteiger partial charge in [-0.25, -0.2) is 0 Å². The van der Waals surface area contributed by atoms with Gasteiger partial charge in [-0.2, -0.15) is 0 Å². The summed E-state index contributed by atoms with van der Waals surface area (Å²) in [5.74, 6) is 2.11. The summed E-state index contributed by atoms with van der Waals surface area (Å²) in [6, 6.07) is 4.42. The van der Waals surface area contributed by atoms with Crippen molar-refractivity contribution < 1.29 is 9.84 Å². The van der Waals surface area contributed by atoms with Gasteiger partial charge in [0.1, 0.15) is 5.75 Å². The molecule has 128 valence electrons. The van der Waals surface area contributed by atoms with Gasteiger partial charge in [0, 0.05) is 25.6 Å². The minimum atomic E-state index is -0.428. The quantitative estimate of drug-likeness (QED) is 0.919. The zero-order chi connectivity index (χ0) is 16.6. The van der Waals surface area contributed by atoms with Gasteiger partial charge in [0.2, 0.25) is 0 Å². The summed E-state index contributed by atoms with van der Waals surface area (Å²) in [5, 5.41) is 11.0. The van der Waals surface area contributed by atoms with Crippen molar-refractivity contribution in [3.05, 3.63) is 28.8 Å². The van der Waals surface area contributed by atoms with Crippen LogP contribution in [-0.4, -0.2) is 35.8 Å². The van der Waals surface area contributed by atoms with Crippen LogP contribution in [0.15, 0.2) is 12.1 Å². The van der Waals surface area contributed by atoms with Crippen LogP contribution in [0.3, 0.4) is 0 Å². The van der Waals surface area contributed by atoms with E-state index in [1.54, 1.807) is 7.11 Å². The molecule has 1 aliphatic heterocycles. The van der Waals surface area contributed by atoms with Crippen molar-refractivity contribution >= 4 is 0 Å². The molecule has 0 bridgehead atoms. The summed E-state index contributed by atoms with van der Waals surface area (Å²) in [6.45, 7) is 9.59. The minimum absolute atomic E-state index is 0.428. The Balaban J connectivity index is 1.74. The maximum absolute atomic E-state index is 11.0. The van der Waals surface area contributed by atoms with Crippen molar-refractivity contribution in [2.45, 2.75) is 58.6 Å². The molecular formula is C20H31NO2. The minimum Gasteiger partial charge on any atom is -0.496 e. The SMILES string of the molecule is CC[C@@]1(O)CCC[C@@H]2CN(Cc3cc(C)c(OC)cc3C)C[C@@H]21. The summed E-state index contributed by atoms with van der Waals surface area (Å²) in [5.41, 5.74) is 3.47. The average molecular weight is 317 g/mol. The molecule has 2 aliphatic rings. The second-order valence-corrected chi connectivity index (χ2v) is 7.66. The molecule has 1 aromatic carbocycles. The Morgan fingerprint density at radius 1 is 1.26 bits per heavy atom. The number of likely N-dealkylation sites (tertiary alicyclic amines) is 1. The van der Waals surface area contributed by atoms with E-state index in [0.717, 1.165) is 38.2 Å². The molecule has 3 rings (SSSR count). The number of hydrogen-bond donors (Lipinski definition) is 1. The molecule has 1 aromatic rings. The van der Waals surface area contributed by atoms with E-state index in [-0.39, 0.29) is 0 Å². The van der Waals surface area contributed by atoms with Gasteiger partial charge in [0.05, 0.1) is 12.7 Å². The first-order valence-corrected chi connectivity index (χ1v) is 9.05. The number of aryl methyl sites for hydroxylation is 2. The topological polar surface area (TPSA) is 32.7 Å². The van der Waals surface area contributed by atoms with Crippen LogP contribution in [0.2, 0.25) is 0 Å². The predicted octanol–water partition coefficient (Wildman–Crippen LogP) is 3.69. The number of methoxy groups -OCH3 is 1. The van der Waals surface area contributed by atoms with Gasteiger partial charge in [-0.15, -0.1) is 0 Å². The van der Waals surface area contributed by atoms with Gasteiger partial charge in [-0.05, 0) is 61.8 Å². The highest BCUT2D eigenvalue weighted by molar-refractivity contribution is 5.41. The number of ether oxygens (including phenoxy) is 1. The monoisotopic (exact) mass is 317 g/mol. The van der Waals surface area contributed by atoms with E-state index >= 15 is 0 Å². The maximum atomic E-state index is 11.0. The lowest BCUT2D eigenvalue weighted by Gasteiger charge is -2.40. The Bertz CT molecular complexity index is 571. The van der Waals surface area contributed by atoms with Crippen molar-refractivity contribution in [3.63, 3.8) is 0 Å². The van der Waals surface area contributed by atoms with Crippen molar-refractivity contribution in [3.8, 4) is 5.75 Å². The Morgan fingerprint density at radius 3 is 2.74 bits per heavy atom. The molecule has 3 nitrogen and oxygen atoms in total. The molecule has 1 aliphatic carbocycles. The van der Waals surface area contributed by atoms with E-state index in [1.165, 1.54) is 29.5 Å². The van der Waals surface area contributed by atoms with Crippen LogP contribution in [0.5, 0.6) is 5.75 Å². The second-order valence-electron chi connectivity index (χ2n) is 7.66. The van der Waals surface area contributed by atoms with Crippen LogP contribution in [-0.2, 0) is 6.54 Å². The number of aliphatic hydroxyl groups is 1. The fourth-order valence-corrected chi connectivity index (χ4v) is 4.77. The summed E-state index contributed by atoms with van der Waals surface area (Å²) < 4.78 is 5.42. The molecule has 0 spiro atoms. The fourth-order valence-electron chi connectivity index (χ4n) is 4.77. The normalized spacial score (nSPS) is 31.2. The number of hydrogen-bond acceptors (Lipinski definition) is 3. The van der Waals surface area contributed by atoms with E-state index < -0.39 is 5.60 Å². The highest BCUT2D eigenvalue weighted by atomic mass is 16.5. The van der Waals surface area contributed by atoms with Crippen molar-refractivity contribution in [1.82, 2.24) is 4.90 Å². The zero-order valence-corrected chi connectivity index (χ0v) is 15.1. The maximum Gasteiger partial charge on any atom is 0.122 e. The molecule has 0 radical (unpaired) electrons. The third kappa shape index (κ3) is 3.14. The Labute approximate surface area is 140 Å². The van der Waals surface area contributed by atoms with Gasteiger partial charge in [-0.3, -0.25) is 4.90 Å². The molecule has 3 atom stereocenters. The Hall–Kier alpha value is -1.06. The first-order chi connectivity index (χ1) is 11.0. The highest BCUT2D eigenvalue weighted by Crippen LogP contribution is 2.44. The number of nitrogens with zero attached hydrogens (tertiary/aromatic N) is 1. The van der Waals surface area contributed by atoms with Gasteiger partial charge < -0.3 is 9.84 Å². The molecule has 0 unspecified atom stereocenters. The smallest absolute Gasteiger partial charge is 0.122 e. The van der Waals surface area contributed by atoms with Gasteiger partial charge >= 0.3 is 0 Å². The summed E-state index contributed by atoms with van der Waals surface area (Å²) >= 11 is 0. The fraction of sp³-hybridized carbons (Fsp3) is 0.700. The van der Waals surface area contributed by atoms with Crippen molar-refractivity contribution in [2.24, 2.45) is 11.8 Å². The summed E-state index contributed by atoms with van der Waals surface area (Å²) in [7, 11) is 1.73. The van der Waals surface area contributed by atoms with Gasteiger partial charge in [0.15, 0.2) is 0 Å². The standard InChI is InChI=1S/C20H31NO2/c1-5-20(22)8-6-7-16-11-21(13-18(16)20)12-17-9-15(3)19(23-4)10-14(17)2/h9-10,16,18,22H,5-8,11-13H2,1-4H3/t16-,18+,20-/m1/s1.